The molecule has 8 nitrogen and oxygen atoms in total. The van der Waals surface area contributed by atoms with Crippen molar-refractivity contribution in [2.24, 2.45) is 0 Å². The van der Waals surface area contributed by atoms with Crippen molar-refractivity contribution in [2.45, 2.75) is 19.6 Å². The fourth-order valence-corrected chi connectivity index (χ4v) is 2.53. The van der Waals surface area contributed by atoms with Crippen LogP contribution in [-0.4, -0.2) is 33.4 Å². The molecule has 29 heavy (non-hydrogen) atoms. The highest BCUT2D eigenvalue weighted by molar-refractivity contribution is 5.94. The van der Waals surface area contributed by atoms with Crippen LogP contribution in [0.4, 0.5) is 13.2 Å². The van der Waals surface area contributed by atoms with Crippen LogP contribution in [0.3, 0.4) is 0 Å². The minimum absolute atomic E-state index is 0.0286. The minimum atomic E-state index is -4.84. The Bertz CT molecular complexity index is 995. The maximum absolute atomic E-state index is 13.5. The van der Waals surface area contributed by atoms with Crippen molar-refractivity contribution in [3.05, 3.63) is 65.3 Å². The van der Waals surface area contributed by atoms with Gasteiger partial charge in [-0.2, -0.15) is 18.3 Å². The number of hydrogen-bond acceptors (Lipinski definition) is 6. The first-order valence-electron chi connectivity index (χ1n) is 8.41. The van der Waals surface area contributed by atoms with E-state index in [0.717, 1.165) is 6.20 Å². The first-order chi connectivity index (χ1) is 13.8. The second-order valence-corrected chi connectivity index (χ2v) is 5.76. The summed E-state index contributed by atoms with van der Waals surface area (Å²) < 4.78 is 50.5. The summed E-state index contributed by atoms with van der Waals surface area (Å²) in [6, 6.07) is 6.87. The van der Waals surface area contributed by atoms with Crippen molar-refractivity contribution in [1.29, 1.82) is 0 Å². The zero-order chi connectivity index (χ0) is 21.0. The summed E-state index contributed by atoms with van der Waals surface area (Å²) in [4.78, 5) is 24.0. The minimum Gasteiger partial charge on any atom is -0.462 e. The van der Waals surface area contributed by atoms with Crippen molar-refractivity contribution in [2.75, 3.05) is 6.61 Å². The van der Waals surface area contributed by atoms with Crippen LogP contribution >= 0.6 is 0 Å². The molecule has 0 saturated carbocycles. The van der Waals surface area contributed by atoms with E-state index in [1.807, 2.05) is 0 Å². The van der Waals surface area contributed by atoms with Crippen LogP contribution in [-0.2, 0) is 17.5 Å². The molecule has 3 rings (SSSR count). The largest absolute Gasteiger partial charge is 0.462 e. The summed E-state index contributed by atoms with van der Waals surface area (Å²) in [6.07, 6.45) is -2.67. The molecule has 0 spiro atoms. The van der Waals surface area contributed by atoms with Gasteiger partial charge in [0.15, 0.2) is 5.69 Å². The maximum atomic E-state index is 13.5. The van der Waals surface area contributed by atoms with Crippen molar-refractivity contribution in [3.63, 3.8) is 0 Å². The molecule has 1 aromatic carbocycles. The molecule has 3 aromatic rings. The molecular weight excluding hydrogens is 393 g/mol. The lowest BCUT2D eigenvalue weighted by molar-refractivity contribution is -0.143. The average Bonchev–Trinajstić information content (AvgIpc) is 3.36. The van der Waals surface area contributed by atoms with Crippen LogP contribution in [0.15, 0.2) is 47.3 Å². The molecule has 11 heteroatoms. The van der Waals surface area contributed by atoms with E-state index in [-0.39, 0.29) is 24.4 Å². The third-order valence-electron chi connectivity index (χ3n) is 3.83. The summed E-state index contributed by atoms with van der Waals surface area (Å²) in [6.45, 7) is 1.55. The number of nitrogens with zero attached hydrogens (tertiary/aromatic N) is 3. The van der Waals surface area contributed by atoms with Crippen LogP contribution in [0.25, 0.3) is 5.69 Å². The van der Waals surface area contributed by atoms with Gasteiger partial charge >= 0.3 is 12.1 Å². The van der Waals surface area contributed by atoms with Crippen LogP contribution in [0.1, 0.15) is 39.0 Å². The van der Waals surface area contributed by atoms with Gasteiger partial charge in [-0.15, -0.1) is 0 Å². The zero-order valence-electron chi connectivity index (χ0n) is 15.1. The van der Waals surface area contributed by atoms with Gasteiger partial charge in [0.1, 0.15) is 17.5 Å². The Balaban J connectivity index is 1.84. The van der Waals surface area contributed by atoms with Gasteiger partial charge in [-0.3, -0.25) is 4.79 Å². The molecular formula is C18H15F3N4O4. The Hall–Kier alpha value is -3.63. The average molecular weight is 408 g/mol. The third-order valence-corrected chi connectivity index (χ3v) is 3.83. The van der Waals surface area contributed by atoms with Gasteiger partial charge < -0.3 is 14.6 Å². The molecule has 2 aromatic heterocycles. The van der Waals surface area contributed by atoms with E-state index in [4.69, 9.17) is 0 Å². The number of aromatic nitrogens is 3. The topological polar surface area (TPSA) is 99.2 Å². The summed E-state index contributed by atoms with van der Waals surface area (Å²) in [5.41, 5.74) is -1.16. The highest BCUT2D eigenvalue weighted by atomic mass is 19.4. The molecule has 0 bridgehead atoms. The summed E-state index contributed by atoms with van der Waals surface area (Å²) in [5.74, 6) is -1.56. The number of alkyl halides is 3. The lowest BCUT2D eigenvalue weighted by atomic mass is 10.2. The Morgan fingerprint density at radius 2 is 1.93 bits per heavy atom. The standard InChI is InChI=1S/C18H15F3N4O4/c1-2-28-17(27)14-10-23-25(15(14)18(19,20)21)13-5-3-11(4-6-13)16(26)22-9-12-7-8-29-24-12/h3-8,10H,2,9H2,1H3,(H,22,26). The molecule has 0 unspecified atom stereocenters. The van der Waals surface area contributed by atoms with E-state index in [1.54, 1.807) is 6.07 Å². The van der Waals surface area contributed by atoms with Crippen LogP contribution in [0.2, 0.25) is 0 Å². The van der Waals surface area contributed by atoms with Gasteiger partial charge in [-0.1, -0.05) is 5.16 Å². The predicted molar refractivity (Wildman–Crippen MR) is 92.2 cm³/mol. The maximum Gasteiger partial charge on any atom is 0.434 e. The first kappa shape index (κ1) is 20.1. The quantitative estimate of drug-likeness (QED) is 0.630. The van der Waals surface area contributed by atoms with Crippen LogP contribution in [0.5, 0.6) is 0 Å². The SMILES string of the molecule is CCOC(=O)c1cnn(-c2ccc(C(=O)NCc3ccon3)cc2)c1C(F)(F)F. The Morgan fingerprint density at radius 1 is 1.21 bits per heavy atom. The van der Waals surface area contributed by atoms with Crippen LogP contribution in [0, 0.1) is 0 Å². The number of amides is 1. The molecule has 0 aliphatic rings. The van der Waals surface area contributed by atoms with Gasteiger partial charge in [0.05, 0.1) is 25.0 Å². The van der Waals surface area contributed by atoms with E-state index in [9.17, 15) is 22.8 Å². The highest BCUT2D eigenvalue weighted by Gasteiger charge is 2.41. The lowest BCUT2D eigenvalue weighted by Gasteiger charge is -2.12. The molecule has 0 radical (unpaired) electrons. The molecule has 0 atom stereocenters. The molecule has 1 amide bonds. The molecule has 1 N–H and O–H groups in total. The number of benzene rings is 1. The summed E-state index contributed by atoms with van der Waals surface area (Å²) in [5, 5.41) is 9.93. The van der Waals surface area contributed by atoms with E-state index in [2.05, 4.69) is 24.8 Å². The zero-order valence-corrected chi connectivity index (χ0v) is 15.1. The highest BCUT2D eigenvalue weighted by Crippen LogP contribution is 2.34. The second kappa shape index (κ2) is 8.17. The molecule has 2 heterocycles. The van der Waals surface area contributed by atoms with Crippen molar-refractivity contribution >= 4 is 11.9 Å². The number of nitrogens with one attached hydrogen (secondary N) is 1. The third kappa shape index (κ3) is 4.45. The molecule has 0 aliphatic carbocycles. The number of ether oxygens (including phenoxy) is 1. The van der Waals surface area contributed by atoms with Crippen LogP contribution < -0.4 is 5.32 Å². The predicted octanol–water partition coefficient (Wildman–Crippen LogP) is 2.99. The Labute approximate surface area is 162 Å². The lowest BCUT2D eigenvalue weighted by Crippen LogP contribution is -2.23. The fourth-order valence-electron chi connectivity index (χ4n) is 2.53. The fraction of sp³-hybridized carbons (Fsp3) is 0.222. The Morgan fingerprint density at radius 3 is 2.52 bits per heavy atom. The number of carbonyl (C=O) groups is 2. The van der Waals surface area contributed by atoms with Crippen molar-refractivity contribution in [1.82, 2.24) is 20.3 Å². The van der Waals surface area contributed by atoms with Gasteiger partial charge in [-0.05, 0) is 31.2 Å². The van der Waals surface area contributed by atoms with Crippen molar-refractivity contribution in [3.8, 4) is 5.69 Å². The molecule has 0 aliphatic heterocycles. The van der Waals surface area contributed by atoms with E-state index in [0.29, 0.717) is 10.4 Å². The number of hydrogen-bond donors (Lipinski definition) is 1. The van der Waals surface area contributed by atoms with E-state index >= 15 is 0 Å². The number of carbonyl (C=O) groups excluding carboxylic acids is 2. The molecule has 0 fully saturated rings. The molecule has 152 valence electrons. The van der Waals surface area contributed by atoms with Gasteiger partial charge in [-0.25, -0.2) is 9.48 Å². The van der Waals surface area contributed by atoms with E-state index in [1.165, 1.54) is 37.5 Å². The van der Waals surface area contributed by atoms with E-state index < -0.39 is 29.3 Å². The second-order valence-electron chi connectivity index (χ2n) is 5.76. The van der Waals surface area contributed by atoms with Gasteiger partial charge in [0, 0.05) is 11.6 Å². The Kier molecular flexibility index (Phi) is 5.66. The number of halogens is 3. The first-order valence-corrected chi connectivity index (χ1v) is 8.41. The normalized spacial score (nSPS) is 11.3. The van der Waals surface area contributed by atoms with Crippen molar-refractivity contribution < 1.29 is 32.0 Å². The summed E-state index contributed by atoms with van der Waals surface area (Å²) >= 11 is 0. The molecule has 0 saturated heterocycles. The van der Waals surface area contributed by atoms with Gasteiger partial charge in [0.25, 0.3) is 5.91 Å². The summed E-state index contributed by atoms with van der Waals surface area (Å²) in [7, 11) is 0. The van der Waals surface area contributed by atoms with Gasteiger partial charge in [0.2, 0.25) is 0 Å². The number of rotatable bonds is 6. The number of esters is 1. The monoisotopic (exact) mass is 408 g/mol. The smallest absolute Gasteiger partial charge is 0.434 e.